The minimum atomic E-state index is -0.390. The Morgan fingerprint density at radius 1 is 1.04 bits per heavy atom. The van der Waals surface area contributed by atoms with Crippen LogP contribution in [0.1, 0.15) is 72.1 Å². The first-order valence-electron chi connectivity index (χ1n) is 9.33. The summed E-state index contributed by atoms with van der Waals surface area (Å²) in [7, 11) is 0. The molecule has 3 atom stereocenters. The standard InChI is InChI=1S/C19H32O4/c1-13(2)16-10-9-14(3)11-17(16)23-18(20)12-22-19(21)15-7-5-4-6-8-15/h13-17H,4-12H2,1-3H3/t14-,16+,17+/m0/s1. The molecule has 4 heteroatoms. The molecule has 4 nitrogen and oxygen atoms in total. The van der Waals surface area contributed by atoms with Crippen LogP contribution < -0.4 is 0 Å². The third kappa shape index (κ3) is 5.50. The fourth-order valence-electron chi connectivity index (χ4n) is 4.04. The molecule has 0 aromatic heterocycles. The molecular weight excluding hydrogens is 292 g/mol. The largest absolute Gasteiger partial charge is 0.460 e. The van der Waals surface area contributed by atoms with Gasteiger partial charge in [-0.05, 0) is 43.4 Å². The second-order valence-electron chi connectivity index (χ2n) is 7.80. The van der Waals surface area contributed by atoms with E-state index < -0.39 is 0 Å². The van der Waals surface area contributed by atoms with Gasteiger partial charge in [-0.3, -0.25) is 4.79 Å². The zero-order valence-electron chi connectivity index (χ0n) is 14.9. The van der Waals surface area contributed by atoms with Gasteiger partial charge in [0, 0.05) is 0 Å². The van der Waals surface area contributed by atoms with Gasteiger partial charge in [-0.2, -0.15) is 0 Å². The van der Waals surface area contributed by atoms with Crippen LogP contribution in [0, 0.1) is 23.7 Å². The Balaban J connectivity index is 1.77. The first kappa shape index (κ1) is 18.3. The lowest BCUT2D eigenvalue weighted by Gasteiger charge is -2.36. The van der Waals surface area contributed by atoms with Gasteiger partial charge in [-0.25, -0.2) is 4.79 Å². The fraction of sp³-hybridized carbons (Fsp3) is 0.895. The van der Waals surface area contributed by atoms with E-state index in [1.807, 2.05) is 0 Å². The first-order valence-corrected chi connectivity index (χ1v) is 9.33. The van der Waals surface area contributed by atoms with Crippen molar-refractivity contribution in [2.45, 2.75) is 78.2 Å². The van der Waals surface area contributed by atoms with Crippen LogP contribution in [0.5, 0.6) is 0 Å². The molecule has 0 aliphatic heterocycles. The van der Waals surface area contributed by atoms with Crippen LogP contribution in [-0.2, 0) is 19.1 Å². The van der Waals surface area contributed by atoms with Gasteiger partial charge in [-0.1, -0.05) is 46.5 Å². The summed E-state index contributed by atoms with van der Waals surface area (Å²) >= 11 is 0. The molecule has 2 aliphatic carbocycles. The first-order chi connectivity index (χ1) is 11.0. The van der Waals surface area contributed by atoms with E-state index in [2.05, 4.69) is 20.8 Å². The van der Waals surface area contributed by atoms with Crippen molar-refractivity contribution in [2.75, 3.05) is 6.61 Å². The topological polar surface area (TPSA) is 52.6 Å². The maximum absolute atomic E-state index is 12.1. The number of carbonyl (C=O) groups is 2. The molecule has 0 saturated heterocycles. The van der Waals surface area contributed by atoms with E-state index in [9.17, 15) is 9.59 Å². The van der Waals surface area contributed by atoms with Crippen LogP contribution in [0.15, 0.2) is 0 Å². The van der Waals surface area contributed by atoms with E-state index in [0.29, 0.717) is 17.8 Å². The molecule has 0 bridgehead atoms. The molecule has 132 valence electrons. The quantitative estimate of drug-likeness (QED) is 0.714. The van der Waals surface area contributed by atoms with Crippen LogP contribution in [0.25, 0.3) is 0 Å². The average Bonchev–Trinajstić information content (AvgIpc) is 2.53. The molecule has 0 spiro atoms. The molecule has 0 unspecified atom stereocenters. The molecule has 0 N–H and O–H groups in total. The summed E-state index contributed by atoms with van der Waals surface area (Å²) < 4.78 is 10.9. The predicted molar refractivity (Wildman–Crippen MR) is 88.8 cm³/mol. The smallest absolute Gasteiger partial charge is 0.344 e. The van der Waals surface area contributed by atoms with E-state index in [0.717, 1.165) is 38.5 Å². The van der Waals surface area contributed by atoms with E-state index in [-0.39, 0.29) is 30.6 Å². The molecule has 2 fully saturated rings. The highest BCUT2D eigenvalue weighted by Crippen LogP contribution is 2.35. The Hall–Kier alpha value is -1.06. The summed E-state index contributed by atoms with van der Waals surface area (Å²) in [5.41, 5.74) is 0. The number of esters is 2. The van der Waals surface area contributed by atoms with E-state index in [4.69, 9.17) is 9.47 Å². The van der Waals surface area contributed by atoms with E-state index in [1.165, 1.54) is 12.8 Å². The Morgan fingerprint density at radius 3 is 2.39 bits per heavy atom. The van der Waals surface area contributed by atoms with Crippen molar-refractivity contribution < 1.29 is 19.1 Å². The number of hydrogen-bond donors (Lipinski definition) is 0. The van der Waals surface area contributed by atoms with Crippen LogP contribution in [0.3, 0.4) is 0 Å². The van der Waals surface area contributed by atoms with Gasteiger partial charge < -0.3 is 9.47 Å². The lowest BCUT2D eigenvalue weighted by molar-refractivity contribution is -0.169. The Bertz CT molecular complexity index is 398. The maximum Gasteiger partial charge on any atom is 0.344 e. The van der Waals surface area contributed by atoms with Crippen molar-refractivity contribution in [2.24, 2.45) is 23.7 Å². The van der Waals surface area contributed by atoms with Crippen LogP contribution >= 0.6 is 0 Å². The second kappa shape index (κ2) is 8.70. The third-order valence-corrected chi connectivity index (χ3v) is 5.51. The van der Waals surface area contributed by atoms with Crippen molar-refractivity contribution >= 4 is 11.9 Å². The van der Waals surface area contributed by atoms with Gasteiger partial charge in [0.1, 0.15) is 6.10 Å². The van der Waals surface area contributed by atoms with Gasteiger partial charge in [0.05, 0.1) is 5.92 Å². The minimum absolute atomic E-state index is 0.0188. The van der Waals surface area contributed by atoms with Crippen LogP contribution in [0.2, 0.25) is 0 Å². The van der Waals surface area contributed by atoms with Crippen LogP contribution in [0.4, 0.5) is 0 Å². The van der Waals surface area contributed by atoms with E-state index >= 15 is 0 Å². The molecule has 2 rings (SSSR count). The molecule has 0 aromatic carbocycles. The predicted octanol–water partition coefficient (Wildman–Crippen LogP) is 4.11. The Morgan fingerprint density at radius 2 is 1.74 bits per heavy atom. The van der Waals surface area contributed by atoms with E-state index in [1.54, 1.807) is 0 Å². The zero-order chi connectivity index (χ0) is 16.8. The number of hydrogen-bond acceptors (Lipinski definition) is 4. The lowest BCUT2D eigenvalue weighted by Crippen LogP contribution is -2.37. The van der Waals surface area contributed by atoms with Crippen molar-refractivity contribution in [3.8, 4) is 0 Å². The molecule has 0 radical (unpaired) electrons. The van der Waals surface area contributed by atoms with Gasteiger partial charge in [-0.15, -0.1) is 0 Å². The van der Waals surface area contributed by atoms with Crippen LogP contribution in [-0.4, -0.2) is 24.6 Å². The normalized spacial score (nSPS) is 29.3. The molecule has 2 saturated carbocycles. The average molecular weight is 324 g/mol. The Kier molecular flexibility index (Phi) is 6.91. The summed E-state index contributed by atoms with van der Waals surface area (Å²) in [6.45, 7) is 6.35. The van der Waals surface area contributed by atoms with Crippen molar-refractivity contribution in [3.05, 3.63) is 0 Å². The van der Waals surface area contributed by atoms with Gasteiger partial charge in [0.25, 0.3) is 0 Å². The highest BCUT2D eigenvalue weighted by molar-refractivity contribution is 5.77. The molecule has 0 heterocycles. The van der Waals surface area contributed by atoms with Crippen molar-refractivity contribution in [1.82, 2.24) is 0 Å². The van der Waals surface area contributed by atoms with Gasteiger partial charge in [0.2, 0.25) is 0 Å². The highest BCUT2D eigenvalue weighted by atomic mass is 16.6. The SMILES string of the molecule is CC(C)[C@H]1CC[C@H](C)C[C@H]1OC(=O)COC(=O)C1CCCCC1. The zero-order valence-corrected chi connectivity index (χ0v) is 14.9. The fourth-order valence-corrected chi connectivity index (χ4v) is 4.04. The number of ether oxygens (including phenoxy) is 2. The minimum Gasteiger partial charge on any atom is -0.460 e. The number of carbonyl (C=O) groups excluding carboxylic acids is 2. The maximum atomic E-state index is 12.1. The molecule has 2 aliphatic rings. The number of rotatable bonds is 5. The summed E-state index contributed by atoms with van der Waals surface area (Å²) in [4.78, 5) is 24.1. The summed E-state index contributed by atoms with van der Waals surface area (Å²) in [5, 5.41) is 0. The molecule has 23 heavy (non-hydrogen) atoms. The molecular formula is C19H32O4. The highest BCUT2D eigenvalue weighted by Gasteiger charge is 2.33. The van der Waals surface area contributed by atoms with Gasteiger partial charge >= 0.3 is 11.9 Å². The summed E-state index contributed by atoms with van der Waals surface area (Å²) in [6.07, 6.45) is 8.35. The lowest BCUT2D eigenvalue weighted by atomic mass is 9.75. The molecule has 0 aromatic rings. The second-order valence-corrected chi connectivity index (χ2v) is 7.80. The monoisotopic (exact) mass is 324 g/mol. The van der Waals surface area contributed by atoms with Crippen molar-refractivity contribution in [1.29, 1.82) is 0 Å². The Labute approximate surface area is 140 Å². The third-order valence-electron chi connectivity index (χ3n) is 5.51. The summed E-state index contributed by atoms with van der Waals surface area (Å²) in [6, 6.07) is 0. The summed E-state index contributed by atoms with van der Waals surface area (Å²) in [5.74, 6) is 0.884. The molecule has 0 amide bonds. The van der Waals surface area contributed by atoms with Crippen molar-refractivity contribution in [3.63, 3.8) is 0 Å². The van der Waals surface area contributed by atoms with Gasteiger partial charge in [0.15, 0.2) is 6.61 Å².